The maximum Gasteiger partial charge on any atom is 0.261 e. The average Bonchev–Trinajstić information content (AvgIpc) is 2.78. The predicted molar refractivity (Wildman–Crippen MR) is 125 cm³/mol. The van der Waals surface area contributed by atoms with Crippen molar-refractivity contribution < 1.29 is 4.79 Å². The number of carbonyl (C=O) groups excluding carboxylic acids is 1. The lowest BCUT2D eigenvalue weighted by atomic mass is 10.1. The lowest BCUT2D eigenvalue weighted by Gasteiger charge is -2.10. The first-order valence-electron chi connectivity index (χ1n) is 9.76. The molecule has 0 atom stereocenters. The minimum absolute atomic E-state index is 0.108. The molecule has 1 N–H and O–H groups in total. The van der Waals surface area contributed by atoms with Gasteiger partial charge in [-0.25, -0.2) is 4.98 Å². The Bertz CT molecular complexity index is 1300. The third-order valence-corrected chi connectivity index (χ3v) is 5.67. The summed E-state index contributed by atoms with van der Waals surface area (Å²) in [7, 11) is 0. The van der Waals surface area contributed by atoms with E-state index >= 15 is 0 Å². The Balaban J connectivity index is 1.52. The first kappa shape index (κ1) is 21.1. The molecule has 0 bridgehead atoms. The van der Waals surface area contributed by atoms with Crippen LogP contribution in [0.2, 0.25) is 10.0 Å². The third kappa shape index (κ3) is 5.13. The number of hydrogen-bond donors (Lipinski definition) is 1. The van der Waals surface area contributed by atoms with Gasteiger partial charge in [-0.15, -0.1) is 0 Å². The van der Waals surface area contributed by atoms with Gasteiger partial charge in [-0.1, -0.05) is 59.6 Å². The van der Waals surface area contributed by atoms with E-state index < -0.39 is 0 Å². The van der Waals surface area contributed by atoms with Gasteiger partial charge in [-0.3, -0.25) is 14.2 Å². The molecule has 156 valence electrons. The van der Waals surface area contributed by atoms with E-state index in [-0.39, 0.29) is 11.5 Å². The van der Waals surface area contributed by atoms with Crippen molar-refractivity contribution in [1.29, 1.82) is 0 Å². The summed E-state index contributed by atoms with van der Waals surface area (Å²) in [6.45, 7) is 0.312. The zero-order chi connectivity index (χ0) is 21.8. The van der Waals surface area contributed by atoms with Gasteiger partial charge in [0.15, 0.2) is 0 Å². The molecule has 4 aromatic rings. The normalized spacial score (nSPS) is 10.9. The van der Waals surface area contributed by atoms with Crippen LogP contribution in [-0.2, 0) is 17.8 Å². The molecule has 0 radical (unpaired) electrons. The van der Waals surface area contributed by atoms with E-state index in [1.165, 1.54) is 10.9 Å². The summed E-state index contributed by atoms with van der Waals surface area (Å²) in [5.41, 5.74) is 2.87. The van der Waals surface area contributed by atoms with Crippen LogP contribution in [0.3, 0.4) is 0 Å². The van der Waals surface area contributed by atoms with Crippen molar-refractivity contribution in [3.63, 3.8) is 0 Å². The van der Waals surface area contributed by atoms with Crippen molar-refractivity contribution in [1.82, 2.24) is 9.55 Å². The molecule has 0 aliphatic rings. The van der Waals surface area contributed by atoms with E-state index in [0.717, 1.165) is 11.1 Å². The molecule has 0 saturated heterocycles. The fraction of sp³-hybridized carbons (Fsp3) is 0.125. The van der Waals surface area contributed by atoms with E-state index in [2.05, 4.69) is 10.3 Å². The molecule has 7 heteroatoms. The maximum atomic E-state index is 13.0. The van der Waals surface area contributed by atoms with Crippen LogP contribution in [0.5, 0.6) is 0 Å². The Morgan fingerprint density at radius 2 is 1.74 bits per heavy atom. The average molecular weight is 452 g/mol. The number of aryl methyl sites for hydroxylation is 1. The highest BCUT2D eigenvalue weighted by atomic mass is 35.5. The summed E-state index contributed by atoms with van der Waals surface area (Å²) in [4.78, 5) is 29.7. The van der Waals surface area contributed by atoms with Gasteiger partial charge >= 0.3 is 0 Å². The standard InChI is InChI=1S/C24H19Cl2N3O2/c25-20-9-6-17(12-21(20)26)14-29-15-27-22-10-8-18(13-19(22)24(29)31)28-23(30)11-7-16-4-2-1-3-5-16/h1-6,8-10,12-13,15H,7,11,14H2,(H,28,30). The molecule has 31 heavy (non-hydrogen) atoms. The Morgan fingerprint density at radius 1 is 0.935 bits per heavy atom. The van der Waals surface area contributed by atoms with Crippen LogP contribution in [0.1, 0.15) is 17.5 Å². The monoisotopic (exact) mass is 451 g/mol. The van der Waals surface area contributed by atoms with Crippen LogP contribution in [0.15, 0.2) is 77.9 Å². The molecular weight excluding hydrogens is 433 g/mol. The van der Waals surface area contributed by atoms with E-state index in [4.69, 9.17) is 23.2 Å². The molecule has 0 fully saturated rings. The van der Waals surface area contributed by atoms with Gasteiger partial charge in [0.05, 0.1) is 33.8 Å². The number of rotatable bonds is 6. The highest BCUT2D eigenvalue weighted by Gasteiger charge is 2.09. The smallest absolute Gasteiger partial charge is 0.261 e. The van der Waals surface area contributed by atoms with E-state index in [1.807, 2.05) is 36.4 Å². The molecule has 5 nitrogen and oxygen atoms in total. The Labute approximate surface area is 189 Å². The minimum Gasteiger partial charge on any atom is -0.326 e. The fourth-order valence-electron chi connectivity index (χ4n) is 3.31. The van der Waals surface area contributed by atoms with Gasteiger partial charge in [0, 0.05) is 12.1 Å². The van der Waals surface area contributed by atoms with Crippen molar-refractivity contribution in [2.24, 2.45) is 0 Å². The van der Waals surface area contributed by atoms with Crippen LogP contribution in [0.25, 0.3) is 10.9 Å². The van der Waals surface area contributed by atoms with Gasteiger partial charge in [0.1, 0.15) is 0 Å². The SMILES string of the molecule is O=C(CCc1ccccc1)Nc1ccc2ncn(Cc3ccc(Cl)c(Cl)c3)c(=O)c2c1. The van der Waals surface area contributed by atoms with Gasteiger partial charge < -0.3 is 5.32 Å². The predicted octanol–water partition coefficient (Wildman–Crippen LogP) is 5.32. The van der Waals surface area contributed by atoms with Crippen LogP contribution in [0.4, 0.5) is 5.69 Å². The zero-order valence-electron chi connectivity index (χ0n) is 16.5. The number of fused-ring (bicyclic) bond motifs is 1. The second-order valence-corrected chi connectivity index (χ2v) is 8.01. The highest BCUT2D eigenvalue weighted by molar-refractivity contribution is 6.42. The number of aromatic nitrogens is 2. The number of hydrogen-bond acceptors (Lipinski definition) is 3. The largest absolute Gasteiger partial charge is 0.326 e. The summed E-state index contributed by atoms with van der Waals surface area (Å²) in [6, 6.07) is 20.2. The molecular formula is C24H19Cl2N3O2. The molecule has 4 rings (SSSR count). The molecule has 0 unspecified atom stereocenters. The summed E-state index contributed by atoms with van der Waals surface area (Å²) in [6.07, 6.45) is 2.51. The number of nitrogens with zero attached hydrogens (tertiary/aromatic N) is 2. The van der Waals surface area contributed by atoms with Crippen molar-refractivity contribution in [2.45, 2.75) is 19.4 Å². The zero-order valence-corrected chi connectivity index (χ0v) is 18.0. The first-order valence-corrected chi connectivity index (χ1v) is 10.5. The number of anilines is 1. The quantitative estimate of drug-likeness (QED) is 0.431. The number of nitrogens with one attached hydrogen (secondary N) is 1. The van der Waals surface area contributed by atoms with Gasteiger partial charge in [0.25, 0.3) is 5.56 Å². The molecule has 0 saturated carbocycles. The Morgan fingerprint density at radius 3 is 2.52 bits per heavy atom. The van der Waals surface area contributed by atoms with E-state index in [9.17, 15) is 9.59 Å². The van der Waals surface area contributed by atoms with E-state index in [1.54, 1.807) is 30.3 Å². The number of halogens is 2. The Hall–Kier alpha value is -3.15. The second kappa shape index (κ2) is 9.33. The maximum absolute atomic E-state index is 13.0. The number of carbonyl (C=O) groups is 1. The van der Waals surface area contributed by atoms with Crippen LogP contribution < -0.4 is 10.9 Å². The summed E-state index contributed by atoms with van der Waals surface area (Å²) in [5, 5.41) is 4.19. The number of amides is 1. The second-order valence-electron chi connectivity index (χ2n) is 7.19. The highest BCUT2D eigenvalue weighted by Crippen LogP contribution is 2.23. The minimum atomic E-state index is -0.198. The van der Waals surface area contributed by atoms with Crippen LogP contribution in [-0.4, -0.2) is 15.5 Å². The van der Waals surface area contributed by atoms with Gasteiger partial charge in [0.2, 0.25) is 5.91 Å². The lowest BCUT2D eigenvalue weighted by molar-refractivity contribution is -0.116. The first-order chi connectivity index (χ1) is 15.0. The molecule has 1 heterocycles. The molecule has 0 spiro atoms. The molecule has 1 amide bonds. The van der Waals surface area contributed by atoms with Gasteiger partial charge in [-0.05, 0) is 47.9 Å². The summed E-state index contributed by atoms with van der Waals surface area (Å²) < 4.78 is 1.50. The third-order valence-electron chi connectivity index (χ3n) is 4.93. The molecule has 3 aromatic carbocycles. The van der Waals surface area contributed by atoms with Crippen LogP contribution in [0, 0.1) is 0 Å². The summed E-state index contributed by atoms with van der Waals surface area (Å²) in [5.74, 6) is -0.108. The van der Waals surface area contributed by atoms with Crippen molar-refractivity contribution in [2.75, 3.05) is 5.32 Å². The van der Waals surface area contributed by atoms with Crippen LogP contribution >= 0.6 is 23.2 Å². The fourth-order valence-corrected chi connectivity index (χ4v) is 3.63. The van der Waals surface area contributed by atoms with Crippen molar-refractivity contribution >= 4 is 45.7 Å². The number of benzene rings is 3. The summed E-state index contributed by atoms with van der Waals surface area (Å²) >= 11 is 12.0. The molecule has 1 aromatic heterocycles. The molecule has 0 aliphatic carbocycles. The topological polar surface area (TPSA) is 64.0 Å². The van der Waals surface area contributed by atoms with E-state index in [0.29, 0.717) is 46.0 Å². The Kier molecular flexibility index (Phi) is 6.35. The van der Waals surface area contributed by atoms with Gasteiger partial charge in [-0.2, -0.15) is 0 Å². The van der Waals surface area contributed by atoms with Crippen molar-refractivity contribution in [3.8, 4) is 0 Å². The van der Waals surface area contributed by atoms with Crippen molar-refractivity contribution in [3.05, 3.63) is 105 Å². The molecule has 0 aliphatic heterocycles. The lowest BCUT2D eigenvalue weighted by Crippen LogP contribution is -2.21.